The Morgan fingerprint density at radius 3 is 2.95 bits per heavy atom. The highest BCUT2D eigenvalue weighted by Gasteiger charge is 2.32. The van der Waals surface area contributed by atoms with Crippen molar-refractivity contribution in [2.45, 2.75) is 18.9 Å². The molecule has 0 saturated carbocycles. The van der Waals surface area contributed by atoms with Crippen LogP contribution < -0.4 is 5.32 Å². The second-order valence-corrected chi connectivity index (χ2v) is 4.33. The summed E-state index contributed by atoms with van der Waals surface area (Å²) in [5, 5.41) is 15.4. The van der Waals surface area contributed by atoms with Gasteiger partial charge < -0.3 is 10.4 Å². The number of rotatable bonds is 7. The third-order valence-corrected chi connectivity index (χ3v) is 2.71. The molecule has 0 bridgehead atoms. The molecule has 0 radical (unpaired) electrons. The van der Waals surface area contributed by atoms with E-state index in [1.165, 1.54) is 25.1 Å². The highest BCUT2D eigenvalue weighted by molar-refractivity contribution is 5.78. The number of benzene rings is 1. The molecule has 1 rings (SSSR count). The van der Waals surface area contributed by atoms with Crippen molar-refractivity contribution in [1.82, 2.24) is 5.32 Å². The second kappa shape index (κ2) is 6.72. The predicted octanol–water partition coefficient (Wildman–Crippen LogP) is 2.11. The molecule has 0 spiro atoms. The normalized spacial score (nSPS) is 13.4. The number of hydrogen-bond donors (Lipinski definition) is 2. The first-order valence-corrected chi connectivity index (χ1v) is 5.71. The van der Waals surface area contributed by atoms with Crippen LogP contribution in [0.3, 0.4) is 0 Å². The van der Waals surface area contributed by atoms with Crippen molar-refractivity contribution in [2.75, 3.05) is 13.1 Å². The average Bonchev–Trinajstić information content (AvgIpc) is 2.34. The largest absolute Gasteiger partial charge is 0.480 e. The SMILES string of the molecule is CC(Cc1cccc(F)c1)(NCCN=[N+]=[N-])C(=O)O. The zero-order valence-electron chi connectivity index (χ0n) is 10.5. The molecule has 0 saturated heterocycles. The van der Waals surface area contributed by atoms with Crippen LogP contribution in [0.25, 0.3) is 10.4 Å². The fourth-order valence-electron chi connectivity index (χ4n) is 1.70. The molecule has 1 aromatic carbocycles. The number of nitrogens with zero attached hydrogens (tertiary/aromatic N) is 3. The molecule has 1 aromatic rings. The van der Waals surface area contributed by atoms with Gasteiger partial charge in [0.2, 0.25) is 0 Å². The van der Waals surface area contributed by atoms with Crippen LogP contribution >= 0.6 is 0 Å². The zero-order chi connectivity index (χ0) is 14.3. The van der Waals surface area contributed by atoms with E-state index >= 15 is 0 Å². The minimum Gasteiger partial charge on any atom is -0.480 e. The van der Waals surface area contributed by atoms with Gasteiger partial charge in [0.15, 0.2) is 0 Å². The van der Waals surface area contributed by atoms with Crippen LogP contribution in [0.5, 0.6) is 0 Å². The maximum atomic E-state index is 13.1. The van der Waals surface area contributed by atoms with Crippen molar-refractivity contribution >= 4 is 5.97 Å². The zero-order valence-corrected chi connectivity index (χ0v) is 10.5. The Morgan fingerprint density at radius 2 is 2.37 bits per heavy atom. The fourth-order valence-corrected chi connectivity index (χ4v) is 1.70. The third-order valence-electron chi connectivity index (χ3n) is 2.71. The predicted molar refractivity (Wildman–Crippen MR) is 68.2 cm³/mol. The Balaban J connectivity index is 2.75. The lowest BCUT2D eigenvalue weighted by atomic mass is 9.93. The molecule has 102 valence electrons. The number of nitrogens with one attached hydrogen (secondary N) is 1. The van der Waals surface area contributed by atoms with Gasteiger partial charge in [-0.3, -0.25) is 4.79 Å². The molecule has 0 fully saturated rings. The summed E-state index contributed by atoms with van der Waals surface area (Å²) in [7, 11) is 0. The highest BCUT2D eigenvalue weighted by Crippen LogP contribution is 2.14. The lowest BCUT2D eigenvalue weighted by molar-refractivity contribution is -0.144. The van der Waals surface area contributed by atoms with Crippen molar-refractivity contribution in [1.29, 1.82) is 0 Å². The van der Waals surface area contributed by atoms with E-state index in [2.05, 4.69) is 15.3 Å². The molecule has 2 N–H and O–H groups in total. The molecule has 1 unspecified atom stereocenters. The summed E-state index contributed by atoms with van der Waals surface area (Å²) in [6.07, 6.45) is 0.135. The first-order chi connectivity index (χ1) is 8.98. The van der Waals surface area contributed by atoms with E-state index < -0.39 is 17.3 Å². The van der Waals surface area contributed by atoms with Crippen LogP contribution in [0.1, 0.15) is 12.5 Å². The van der Waals surface area contributed by atoms with Gasteiger partial charge in [-0.15, -0.1) is 0 Å². The van der Waals surface area contributed by atoms with Crippen LogP contribution in [-0.2, 0) is 11.2 Å². The molecule has 6 nitrogen and oxygen atoms in total. The minimum atomic E-state index is -1.24. The van der Waals surface area contributed by atoms with Crippen molar-refractivity contribution in [3.05, 3.63) is 46.1 Å². The molecule has 0 heterocycles. The quantitative estimate of drug-likeness (QED) is 0.342. The van der Waals surface area contributed by atoms with Crippen molar-refractivity contribution in [2.24, 2.45) is 5.11 Å². The average molecular weight is 266 g/mol. The molecule has 0 amide bonds. The highest BCUT2D eigenvalue weighted by atomic mass is 19.1. The molecule has 19 heavy (non-hydrogen) atoms. The lowest BCUT2D eigenvalue weighted by Gasteiger charge is -2.26. The molecule has 7 heteroatoms. The Labute approximate surface area is 109 Å². The first-order valence-electron chi connectivity index (χ1n) is 5.71. The smallest absolute Gasteiger partial charge is 0.323 e. The van der Waals surface area contributed by atoms with Gasteiger partial charge in [-0.2, -0.15) is 0 Å². The fraction of sp³-hybridized carbons (Fsp3) is 0.417. The van der Waals surface area contributed by atoms with Gasteiger partial charge in [0.25, 0.3) is 0 Å². The van der Waals surface area contributed by atoms with E-state index in [0.717, 1.165) is 0 Å². The van der Waals surface area contributed by atoms with Gasteiger partial charge >= 0.3 is 5.97 Å². The molecule has 0 aliphatic heterocycles. The van der Waals surface area contributed by atoms with Crippen molar-refractivity contribution in [3.63, 3.8) is 0 Å². The molecular formula is C12H15FN4O2. The van der Waals surface area contributed by atoms with E-state index in [-0.39, 0.29) is 19.5 Å². The van der Waals surface area contributed by atoms with Gasteiger partial charge in [0, 0.05) is 24.4 Å². The van der Waals surface area contributed by atoms with Crippen molar-refractivity contribution in [3.8, 4) is 0 Å². The van der Waals surface area contributed by atoms with Crippen LogP contribution in [0.4, 0.5) is 4.39 Å². The first kappa shape index (κ1) is 14.9. The van der Waals surface area contributed by atoms with E-state index in [4.69, 9.17) is 5.53 Å². The van der Waals surface area contributed by atoms with Crippen LogP contribution in [0.2, 0.25) is 0 Å². The minimum absolute atomic E-state index is 0.135. The van der Waals surface area contributed by atoms with E-state index in [1.807, 2.05) is 0 Å². The number of carboxylic acids is 1. The van der Waals surface area contributed by atoms with Gasteiger partial charge in [0.05, 0.1) is 0 Å². The summed E-state index contributed by atoms with van der Waals surface area (Å²) in [5.41, 5.74) is 7.49. The number of azide groups is 1. The number of halogens is 1. The molecular weight excluding hydrogens is 251 g/mol. The third kappa shape index (κ3) is 4.57. The monoisotopic (exact) mass is 266 g/mol. The molecule has 0 aliphatic rings. The van der Waals surface area contributed by atoms with E-state index in [1.54, 1.807) is 6.07 Å². The molecule has 0 aliphatic carbocycles. The summed E-state index contributed by atoms with van der Waals surface area (Å²) in [6.45, 7) is 1.90. The van der Waals surface area contributed by atoms with Crippen molar-refractivity contribution < 1.29 is 14.3 Å². The standard InChI is InChI=1S/C12H15FN4O2/c1-12(11(18)19,15-5-6-16-17-14)8-9-3-2-4-10(13)7-9/h2-4,7,15H,5-6,8H2,1H3,(H,18,19). The summed E-state index contributed by atoms with van der Waals surface area (Å²) < 4.78 is 13.1. The summed E-state index contributed by atoms with van der Waals surface area (Å²) >= 11 is 0. The van der Waals surface area contributed by atoms with E-state index in [9.17, 15) is 14.3 Å². The summed E-state index contributed by atoms with van der Waals surface area (Å²) in [5.74, 6) is -1.45. The van der Waals surface area contributed by atoms with Gasteiger partial charge in [-0.25, -0.2) is 4.39 Å². The second-order valence-electron chi connectivity index (χ2n) is 4.33. The number of carbonyl (C=O) groups is 1. The molecule has 0 aromatic heterocycles. The Kier molecular flexibility index (Phi) is 5.29. The Bertz CT molecular complexity index is 502. The van der Waals surface area contributed by atoms with Gasteiger partial charge in [-0.05, 0) is 30.2 Å². The van der Waals surface area contributed by atoms with Crippen LogP contribution in [-0.4, -0.2) is 29.7 Å². The topological polar surface area (TPSA) is 98.1 Å². The lowest BCUT2D eigenvalue weighted by Crippen LogP contribution is -2.52. The number of aliphatic carboxylic acids is 1. The van der Waals surface area contributed by atoms with Crippen LogP contribution in [0, 0.1) is 5.82 Å². The maximum Gasteiger partial charge on any atom is 0.323 e. The maximum absolute atomic E-state index is 13.1. The summed E-state index contributed by atoms with van der Waals surface area (Å²) in [6, 6.07) is 5.80. The van der Waals surface area contributed by atoms with Gasteiger partial charge in [-0.1, -0.05) is 17.2 Å². The number of carboxylic acid groups (broad SMARTS) is 1. The number of hydrogen-bond acceptors (Lipinski definition) is 3. The van der Waals surface area contributed by atoms with Crippen LogP contribution in [0.15, 0.2) is 29.4 Å². The van der Waals surface area contributed by atoms with E-state index in [0.29, 0.717) is 5.56 Å². The summed E-state index contributed by atoms with van der Waals surface area (Å²) in [4.78, 5) is 13.9. The Hall–Kier alpha value is -2.11. The van der Waals surface area contributed by atoms with Gasteiger partial charge in [0.1, 0.15) is 11.4 Å². The Morgan fingerprint density at radius 1 is 1.63 bits per heavy atom. The molecule has 1 atom stereocenters.